The van der Waals surface area contributed by atoms with Crippen LogP contribution >= 0.6 is 0 Å². The summed E-state index contributed by atoms with van der Waals surface area (Å²) in [5.74, 6) is -1.25. The van der Waals surface area contributed by atoms with Gasteiger partial charge in [-0.25, -0.2) is 4.79 Å². The highest BCUT2D eigenvalue weighted by atomic mass is 16.4. The number of aliphatic carboxylic acids is 1. The van der Waals surface area contributed by atoms with E-state index in [-0.39, 0.29) is 22.7 Å². The first-order valence-corrected chi connectivity index (χ1v) is 6.30. The zero-order valence-corrected chi connectivity index (χ0v) is 11.6. The van der Waals surface area contributed by atoms with E-state index in [9.17, 15) is 9.59 Å². The average molecular weight is 253 g/mol. The Morgan fingerprint density at radius 1 is 1.33 bits per heavy atom. The van der Waals surface area contributed by atoms with Gasteiger partial charge in [0.1, 0.15) is 6.04 Å². The zero-order valence-electron chi connectivity index (χ0n) is 11.6. The molecule has 0 aliphatic heterocycles. The Morgan fingerprint density at radius 2 is 1.83 bits per heavy atom. The first-order valence-electron chi connectivity index (χ1n) is 6.30. The van der Waals surface area contributed by atoms with Crippen molar-refractivity contribution in [1.82, 2.24) is 5.32 Å². The van der Waals surface area contributed by atoms with Gasteiger partial charge in [0, 0.05) is 5.92 Å². The van der Waals surface area contributed by atoms with Crippen LogP contribution in [-0.4, -0.2) is 23.0 Å². The van der Waals surface area contributed by atoms with Crippen LogP contribution in [0.3, 0.4) is 0 Å². The quantitative estimate of drug-likeness (QED) is 0.713. The second-order valence-corrected chi connectivity index (χ2v) is 6.14. The van der Waals surface area contributed by atoms with E-state index in [1.54, 1.807) is 6.08 Å². The van der Waals surface area contributed by atoms with Gasteiger partial charge in [0.05, 0.1) is 0 Å². The van der Waals surface area contributed by atoms with Crippen molar-refractivity contribution in [2.75, 3.05) is 0 Å². The first-order chi connectivity index (χ1) is 8.16. The number of hydrogen-bond donors (Lipinski definition) is 2. The van der Waals surface area contributed by atoms with Gasteiger partial charge in [-0.15, -0.1) is 6.58 Å². The number of amides is 1. The number of allylic oxidation sites excluding steroid dienone is 1. The Labute approximate surface area is 108 Å². The molecule has 0 spiro atoms. The van der Waals surface area contributed by atoms with E-state index in [4.69, 9.17) is 5.11 Å². The Kier molecular flexibility index (Phi) is 3.89. The van der Waals surface area contributed by atoms with Gasteiger partial charge in [-0.2, -0.15) is 0 Å². The molecule has 1 aliphatic carbocycles. The third kappa shape index (κ3) is 2.42. The molecule has 1 fully saturated rings. The number of rotatable bonds is 6. The summed E-state index contributed by atoms with van der Waals surface area (Å²) in [6, 6.07) is -0.817. The van der Waals surface area contributed by atoms with Crippen LogP contribution in [0.1, 0.15) is 40.5 Å². The van der Waals surface area contributed by atoms with Gasteiger partial charge in [-0.3, -0.25) is 4.79 Å². The van der Waals surface area contributed by atoms with Crippen molar-refractivity contribution in [3.8, 4) is 0 Å². The summed E-state index contributed by atoms with van der Waals surface area (Å²) in [5.41, 5.74) is -0.142. The Hall–Kier alpha value is -1.32. The van der Waals surface area contributed by atoms with Crippen LogP contribution in [0, 0.1) is 16.7 Å². The average Bonchev–Trinajstić information content (AvgIpc) is 2.63. The van der Waals surface area contributed by atoms with Crippen molar-refractivity contribution in [2.24, 2.45) is 16.7 Å². The summed E-state index contributed by atoms with van der Waals surface area (Å²) in [6.45, 7) is 11.7. The molecule has 1 atom stereocenters. The summed E-state index contributed by atoms with van der Waals surface area (Å²) in [4.78, 5) is 23.2. The predicted molar refractivity (Wildman–Crippen MR) is 70.0 cm³/mol. The largest absolute Gasteiger partial charge is 0.480 e. The predicted octanol–water partition coefficient (Wildman–Crippen LogP) is 2.20. The van der Waals surface area contributed by atoms with E-state index in [0.29, 0.717) is 12.8 Å². The lowest BCUT2D eigenvalue weighted by Crippen LogP contribution is -2.42. The minimum absolute atomic E-state index is 0.0709. The molecule has 1 amide bonds. The molecule has 0 aromatic heterocycles. The van der Waals surface area contributed by atoms with Crippen LogP contribution in [0.5, 0.6) is 0 Å². The molecule has 4 heteroatoms. The lowest BCUT2D eigenvalue weighted by Gasteiger charge is -2.14. The van der Waals surface area contributed by atoms with Gasteiger partial charge >= 0.3 is 5.97 Å². The highest BCUT2D eigenvalue weighted by molar-refractivity contribution is 5.88. The van der Waals surface area contributed by atoms with Crippen LogP contribution in [0.4, 0.5) is 0 Å². The summed E-state index contributed by atoms with van der Waals surface area (Å²) in [5, 5.41) is 11.7. The summed E-state index contributed by atoms with van der Waals surface area (Å²) in [7, 11) is 0. The smallest absolute Gasteiger partial charge is 0.326 e. The molecule has 1 unspecified atom stereocenters. The molecule has 18 heavy (non-hydrogen) atoms. The lowest BCUT2D eigenvalue weighted by molar-refractivity contribution is -0.142. The zero-order chi connectivity index (χ0) is 14.1. The molecule has 0 saturated heterocycles. The fourth-order valence-electron chi connectivity index (χ4n) is 2.65. The maximum absolute atomic E-state index is 12.1. The van der Waals surface area contributed by atoms with E-state index in [2.05, 4.69) is 11.9 Å². The van der Waals surface area contributed by atoms with Crippen molar-refractivity contribution in [3.05, 3.63) is 12.7 Å². The number of hydrogen-bond acceptors (Lipinski definition) is 2. The SMILES string of the molecule is C=CCCC(NC(=O)C1C(C)(C)C1(C)C)C(=O)O. The van der Waals surface area contributed by atoms with Gasteiger partial charge in [0.15, 0.2) is 0 Å². The van der Waals surface area contributed by atoms with Crippen molar-refractivity contribution < 1.29 is 14.7 Å². The van der Waals surface area contributed by atoms with Crippen molar-refractivity contribution in [1.29, 1.82) is 0 Å². The Balaban J connectivity index is 2.64. The van der Waals surface area contributed by atoms with E-state index in [0.717, 1.165) is 0 Å². The van der Waals surface area contributed by atoms with Crippen LogP contribution in [-0.2, 0) is 9.59 Å². The van der Waals surface area contributed by atoms with E-state index in [1.165, 1.54) is 0 Å². The first kappa shape index (κ1) is 14.7. The minimum Gasteiger partial charge on any atom is -0.480 e. The van der Waals surface area contributed by atoms with Gasteiger partial charge in [0.25, 0.3) is 0 Å². The third-order valence-electron chi connectivity index (χ3n) is 4.56. The van der Waals surface area contributed by atoms with Gasteiger partial charge < -0.3 is 10.4 Å². The lowest BCUT2D eigenvalue weighted by atomic mass is 10.0. The molecule has 2 N–H and O–H groups in total. The van der Waals surface area contributed by atoms with Crippen LogP contribution in [0.25, 0.3) is 0 Å². The number of carboxylic acid groups (broad SMARTS) is 1. The molecule has 4 nitrogen and oxygen atoms in total. The van der Waals surface area contributed by atoms with E-state index >= 15 is 0 Å². The number of carboxylic acids is 1. The summed E-state index contributed by atoms with van der Waals surface area (Å²) >= 11 is 0. The fraction of sp³-hybridized carbons (Fsp3) is 0.714. The second-order valence-electron chi connectivity index (χ2n) is 6.14. The van der Waals surface area contributed by atoms with Crippen LogP contribution in [0.2, 0.25) is 0 Å². The topological polar surface area (TPSA) is 66.4 Å². The maximum atomic E-state index is 12.1. The minimum atomic E-state index is -0.985. The molecular weight excluding hydrogens is 230 g/mol. The highest BCUT2D eigenvalue weighted by Gasteiger charge is 2.68. The normalized spacial score (nSPS) is 22.0. The van der Waals surface area contributed by atoms with Crippen molar-refractivity contribution in [3.63, 3.8) is 0 Å². The summed E-state index contributed by atoms with van der Waals surface area (Å²) in [6.07, 6.45) is 2.62. The number of carbonyl (C=O) groups is 2. The molecule has 0 aromatic carbocycles. The molecule has 102 valence electrons. The molecule has 0 radical (unpaired) electrons. The fourth-order valence-corrected chi connectivity index (χ4v) is 2.65. The molecule has 1 rings (SSSR count). The highest BCUT2D eigenvalue weighted by Crippen LogP contribution is 2.68. The second kappa shape index (κ2) is 4.75. The molecule has 0 heterocycles. The van der Waals surface area contributed by atoms with Gasteiger partial charge in [-0.05, 0) is 23.7 Å². The molecule has 1 saturated carbocycles. The van der Waals surface area contributed by atoms with E-state index < -0.39 is 12.0 Å². The molecule has 0 aromatic rings. The Bertz CT molecular complexity index is 357. The number of carbonyl (C=O) groups excluding carboxylic acids is 1. The van der Waals surface area contributed by atoms with E-state index in [1.807, 2.05) is 27.7 Å². The summed E-state index contributed by atoms with van der Waals surface area (Å²) < 4.78 is 0. The maximum Gasteiger partial charge on any atom is 0.326 e. The molecular formula is C14H23NO3. The van der Waals surface area contributed by atoms with Crippen molar-refractivity contribution >= 4 is 11.9 Å². The third-order valence-corrected chi connectivity index (χ3v) is 4.56. The molecule has 0 bridgehead atoms. The van der Waals surface area contributed by atoms with Crippen LogP contribution in [0.15, 0.2) is 12.7 Å². The standard InChI is InChI=1S/C14H23NO3/c1-6-7-8-9(12(17)18)15-11(16)10-13(2,3)14(10,4)5/h6,9-10H,1,7-8H2,2-5H3,(H,15,16)(H,17,18). The molecule has 1 aliphatic rings. The van der Waals surface area contributed by atoms with Gasteiger partial charge in [-0.1, -0.05) is 33.8 Å². The van der Waals surface area contributed by atoms with Crippen molar-refractivity contribution in [2.45, 2.75) is 46.6 Å². The Morgan fingerprint density at radius 3 is 2.17 bits per heavy atom. The van der Waals surface area contributed by atoms with Crippen LogP contribution < -0.4 is 5.32 Å². The monoisotopic (exact) mass is 253 g/mol. The number of nitrogens with one attached hydrogen (secondary N) is 1. The van der Waals surface area contributed by atoms with Gasteiger partial charge in [0.2, 0.25) is 5.91 Å².